The molecule has 1 aromatic rings. The summed E-state index contributed by atoms with van der Waals surface area (Å²) in [6, 6.07) is 5.77. The van der Waals surface area contributed by atoms with Gasteiger partial charge in [-0.25, -0.2) is 9.59 Å². The van der Waals surface area contributed by atoms with Crippen LogP contribution < -0.4 is 16.4 Å². The highest BCUT2D eigenvalue weighted by Crippen LogP contribution is 2.08. The molecule has 0 aliphatic heterocycles. The number of carboxylic acid groups (broad SMARTS) is 1. The number of hydrogen-bond donors (Lipinski definition) is 4. The molecular weight excluding hydrogens is 210 g/mol. The van der Waals surface area contributed by atoms with Gasteiger partial charge in [-0.1, -0.05) is 0 Å². The summed E-state index contributed by atoms with van der Waals surface area (Å²) in [5.41, 5.74) is 5.91. The molecule has 0 unspecified atom stereocenters. The molecule has 1 rings (SSSR count). The first kappa shape index (κ1) is 11.8. The van der Waals surface area contributed by atoms with E-state index in [9.17, 15) is 9.59 Å². The molecule has 2 amide bonds. The molecule has 5 N–H and O–H groups in total. The zero-order valence-electron chi connectivity index (χ0n) is 8.56. The van der Waals surface area contributed by atoms with E-state index in [2.05, 4.69) is 10.6 Å². The fourth-order valence-corrected chi connectivity index (χ4v) is 1.12. The number of urea groups is 1. The van der Waals surface area contributed by atoms with E-state index < -0.39 is 12.0 Å². The molecule has 6 heteroatoms. The highest BCUT2D eigenvalue weighted by atomic mass is 16.4. The number of carboxylic acids is 1. The van der Waals surface area contributed by atoms with Crippen molar-refractivity contribution in [2.75, 3.05) is 18.4 Å². The second-order valence-corrected chi connectivity index (χ2v) is 3.10. The lowest BCUT2D eigenvalue weighted by Gasteiger charge is -2.06. The summed E-state index contributed by atoms with van der Waals surface area (Å²) in [5, 5.41) is 14.1. The van der Waals surface area contributed by atoms with Gasteiger partial charge < -0.3 is 21.5 Å². The SMILES string of the molecule is NC(=O)NCCNc1ccc(C(=O)O)cc1. The Labute approximate surface area is 92.4 Å². The molecule has 0 aliphatic rings. The molecule has 0 spiro atoms. The molecule has 0 fully saturated rings. The number of nitrogens with one attached hydrogen (secondary N) is 2. The van der Waals surface area contributed by atoms with E-state index >= 15 is 0 Å². The molecule has 0 radical (unpaired) electrons. The van der Waals surface area contributed by atoms with Gasteiger partial charge in [-0.2, -0.15) is 0 Å². The summed E-state index contributed by atoms with van der Waals surface area (Å²) in [7, 11) is 0. The summed E-state index contributed by atoms with van der Waals surface area (Å²) in [6.07, 6.45) is 0. The number of carbonyl (C=O) groups is 2. The normalized spacial score (nSPS) is 9.50. The maximum absolute atomic E-state index is 10.6. The molecule has 1 aromatic carbocycles. The smallest absolute Gasteiger partial charge is 0.335 e. The minimum Gasteiger partial charge on any atom is -0.478 e. The van der Waals surface area contributed by atoms with Gasteiger partial charge in [-0.15, -0.1) is 0 Å². The summed E-state index contributed by atoms with van der Waals surface area (Å²) >= 11 is 0. The van der Waals surface area contributed by atoms with Gasteiger partial charge in [0.25, 0.3) is 0 Å². The zero-order chi connectivity index (χ0) is 12.0. The van der Waals surface area contributed by atoms with Crippen LogP contribution in [0.2, 0.25) is 0 Å². The van der Waals surface area contributed by atoms with Gasteiger partial charge in [0.1, 0.15) is 0 Å². The van der Waals surface area contributed by atoms with E-state index in [1.54, 1.807) is 12.1 Å². The van der Waals surface area contributed by atoms with Crippen LogP contribution in [0.25, 0.3) is 0 Å². The standard InChI is InChI=1S/C10H13N3O3/c11-10(16)13-6-5-12-8-3-1-7(2-4-8)9(14)15/h1-4,12H,5-6H2,(H,14,15)(H3,11,13,16). The largest absolute Gasteiger partial charge is 0.478 e. The zero-order valence-corrected chi connectivity index (χ0v) is 8.56. The predicted molar refractivity (Wildman–Crippen MR) is 59.5 cm³/mol. The number of anilines is 1. The molecule has 16 heavy (non-hydrogen) atoms. The molecule has 0 heterocycles. The van der Waals surface area contributed by atoms with Crippen LogP contribution in [0.5, 0.6) is 0 Å². The molecule has 6 nitrogen and oxygen atoms in total. The van der Waals surface area contributed by atoms with Gasteiger partial charge in [-0.05, 0) is 24.3 Å². The average Bonchev–Trinajstić information content (AvgIpc) is 2.25. The van der Waals surface area contributed by atoms with Crippen molar-refractivity contribution >= 4 is 17.7 Å². The van der Waals surface area contributed by atoms with E-state index in [0.717, 1.165) is 5.69 Å². The Bertz CT molecular complexity index is 375. The number of hydrogen-bond acceptors (Lipinski definition) is 3. The monoisotopic (exact) mass is 223 g/mol. The van der Waals surface area contributed by atoms with Crippen molar-refractivity contribution in [3.63, 3.8) is 0 Å². The number of aromatic carboxylic acids is 1. The highest BCUT2D eigenvalue weighted by Gasteiger charge is 2.00. The maximum atomic E-state index is 10.6. The van der Waals surface area contributed by atoms with Gasteiger partial charge >= 0.3 is 12.0 Å². The third kappa shape index (κ3) is 3.87. The molecule has 86 valence electrons. The van der Waals surface area contributed by atoms with Crippen LogP contribution in [0.15, 0.2) is 24.3 Å². The second kappa shape index (κ2) is 5.59. The molecule has 0 atom stereocenters. The van der Waals surface area contributed by atoms with Crippen LogP contribution in [0, 0.1) is 0 Å². The molecule has 0 aliphatic carbocycles. The minimum absolute atomic E-state index is 0.237. The lowest BCUT2D eigenvalue weighted by atomic mass is 10.2. The minimum atomic E-state index is -0.957. The Morgan fingerprint density at radius 3 is 2.31 bits per heavy atom. The Kier molecular flexibility index (Phi) is 4.14. The van der Waals surface area contributed by atoms with E-state index in [0.29, 0.717) is 13.1 Å². The van der Waals surface area contributed by atoms with Crippen LogP contribution in [0.4, 0.5) is 10.5 Å². The van der Waals surface area contributed by atoms with E-state index in [4.69, 9.17) is 10.8 Å². The van der Waals surface area contributed by atoms with Crippen molar-refractivity contribution < 1.29 is 14.7 Å². The van der Waals surface area contributed by atoms with Crippen molar-refractivity contribution in [1.82, 2.24) is 5.32 Å². The first-order valence-electron chi connectivity index (χ1n) is 4.70. The third-order valence-electron chi connectivity index (χ3n) is 1.89. The van der Waals surface area contributed by atoms with Crippen LogP contribution in [0.3, 0.4) is 0 Å². The summed E-state index contributed by atoms with van der Waals surface area (Å²) in [5.74, 6) is -0.957. The lowest BCUT2D eigenvalue weighted by molar-refractivity contribution is 0.0697. The molecule has 0 saturated carbocycles. The fourth-order valence-electron chi connectivity index (χ4n) is 1.12. The molecular formula is C10H13N3O3. The van der Waals surface area contributed by atoms with Gasteiger partial charge in [-0.3, -0.25) is 0 Å². The predicted octanol–water partition coefficient (Wildman–Crippen LogP) is 0.465. The number of carbonyl (C=O) groups excluding carboxylic acids is 1. The number of amides is 2. The molecule has 0 saturated heterocycles. The van der Waals surface area contributed by atoms with Crippen LogP contribution in [0.1, 0.15) is 10.4 Å². The Morgan fingerprint density at radius 2 is 1.81 bits per heavy atom. The maximum Gasteiger partial charge on any atom is 0.335 e. The topological polar surface area (TPSA) is 104 Å². The Balaban J connectivity index is 2.38. The fraction of sp³-hybridized carbons (Fsp3) is 0.200. The van der Waals surface area contributed by atoms with Crippen molar-refractivity contribution in [2.45, 2.75) is 0 Å². The van der Waals surface area contributed by atoms with E-state index in [1.807, 2.05) is 0 Å². The average molecular weight is 223 g/mol. The van der Waals surface area contributed by atoms with E-state index in [1.165, 1.54) is 12.1 Å². The number of rotatable bonds is 5. The Hall–Kier alpha value is -2.24. The summed E-state index contributed by atoms with van der Waals surface area (Å²) < 4.78 is 0. The second-order valence-electron chi connectivity index (χ2n) is 3.10. The third-order valence-corrected chi connectivity index (χ3v) is 1.89. The lowest BCUT2D eigenvalue weighted by Crippen LogP contribution is -2.33. The van der Waals surface area contributed by atoms with Crippen LogP contribution in [-0.2, 0) is 0 Å². The van der Waals surface area contributed by atoms with Crippen molar-refractivity contribution in [1.29, 1.82) is 0 Å². The van der Waals surface area contributed by atoms with Gasteiger partial charge in [0.2, 0.25) is 0 Å². The highest BCUT2D eigenvalue weighted by molar-refractivity contribution is 5.87. The van der Waals surface area contributed by atoms with Gasteiger partial charge in [0, 0.05) is 18.8 Å². The van der Waals surface area contributed by atoms with Gasteiger partial charge in [0.15, 0.2) is 0 Å². The van der Waals surface area contributed by atoms with Crippen molar-refractivity contribution in [2.24, 2.45) is 5.73 Å². The van der Waals surface area contributed by atoms with E-state index in [-0.39, 0.29) is 5.56 Å². The van der Waals surface area contributed by atoms with Crippen molar-refractivity contribution in [3.05, 3.63) is 29.8 Å². The Morgan fingerprint density at radius 1 is 1.19 bits per heavy atom. The quantitative estimate of drug-likeness (QED) is 0.544. The molecule has 0 aromatic heterocycles. The first-order valence-corrected chi connectivity index (χ1v) is 4.70. The van der Waals surface area contributed by atoms with Crippen molar-refractivity contribution in [3.8, 4) is 0 Å². The van der Waals surface area contributed by atoms with Crippen LogP contribution in [-0.4, -0.2) is 30.2 Å². The number of nitrogens with two attached hydrogens (primary N) is 1. The van der Waals surface area contributed by atoms with Gasteiger partial charge in [0.05, 0.1) is 5.56 Å². The molecule has 0 bridgehead atoms. The summed E-state index contributed by atoms with van der Waals surface area (Å²) in [4.78, 5) is 20.9. The summed E-state index contributed by atoms with van der Waals surface area (Å²) in [6.45, 7) is 0.936. The number of benzene rings is 1. The first-order chi connectivity index (χ1) is 7.59. The number of primary amides is 1. The van der Waals surface area contributed by atoms with Crippen LogP contribution >= 0.6 is 0 Å².